The van der Waals surface area contributed by atoms with Crippen molar-refractivity contribution in [2.24, 2.45) is 5.73 Å². The summed E-state index contributed by atoms with van der Waals surface area (Å²) in [5.41, 5.74) is 9.04. The molecule has 4 nitrogen and oxygen atoms in total. The number of fused-ring (bicyclic) bond motifs is 1. The molecule has 1 unspecified atom stereocenters. The van der Waals surface area contributed by atoms with E-state index in [1.807, 2.05) is 29.9 Å². The summed E-state index contributed by atoms with van der Waals surface area (Å²) in [5.74, 6) is 1.65. The molecule has 1 aliphatic rings. The molecule has 1 aromatic heterocycles. The number of nitrogens with zero attached hydrogens (tertiary/aromatic N) is 1. The maximum Gasteiger partial charge on any atom is 0.136 e. The summed E-state index contributed by atoms with van der Waals surface area (Å²) in [6.45, 7) is 0. The lowest BCUT2D eigenvalue weighted by molar-refractivity contribution is 0.164. The zero-order valence-electron chi connectivity index (χ0n) is 10.00. The molecule has 0 saturated carbocycles. The van der Waals surface area contributed by atoms with Crippen molar-refractivity contribution >= 4 is 11.3 Å². The van der Waals surface area contributed by atoms with Gasteiger partial charge in [0.25, 0.3) is 0 Å². The molecule has 1 aromatic carbocycles. The van der Waals surface area contributed by atoms with Crippen LogP contribution >= 0.6 is 11.3 Å². The minimum absolute atomic E-state index is 0.00777. The van der Waals surface area contributed by atoms with Gasteiger partial charge in [-0.05, 0) is 18.2 Å². The fraction of sp³-hybridized carbons (Fsp3) is 0.308. The summed E-state index contributed by atoms with van der Waals surface area (Å²) < 4.78 is 11.2. The summed E-state index contributed by atoms with van der Waals surface area (Å²) >= 11 is 1.60. The number of hydrogen-bond acceptors (Lipinski definition) is 5. The average molecular weight is 262 g/mol. The van der Waals surface area contributed by atoms with Crippen LogP contribution in [-0.4, -0.2) is 12.1 Å². The molecule has 2 N–H and O–H groups in total. The van der Waals surface area contributed by atoms with Gasteiger partial charge in [-0.3, -0.25) is 4.98 Å². The monoisotopic (exact) mass is 262 g/mol. The van der Waals surface area contributed by atoms with Gasteiger partial charge in [0.2, 0.25) is 0 Å². The van der Waals surface area contributed by atoms with Crippen molar-refractivity contribution < 1.29 is 9.47 Å². The third kappa shape index (κ3) is 1.95. The van der Waals surface area contributed by atoms with Gasteiger partial charge in [-0.15, -0.1) is 11.3 Å². The van der Waals surface area contributed by atoms with Crippen molar-refractivity contribution in [1.82, 2.24) is 4.98 Å². The molecule has 1 aliphatic heterocycles. The van der Waals surface area contributed by atoms with Crippen LogP contribution in [0.5, 0.6) is 11.5 Å². The Balaban J connectivity index is 1.93. The van der Waals surface area contributed by atoms with Gasteiger partial charge in [-0.1, -0.05) is 0 Å². The van der Waals surface area contributed by atoms with E-state index in [4.69, 9.17) is 15.2 Å². The Labute approximate surface area is 109 Å². The normalized spacial score (nSPS) is 22.1. The maximum atomic E-state index is 6.22. The molecule has 2 aromatic rings. The third-order valence-corrected chi connectivity index (χ3v) is 3.99. The lowest BCUT2D eigenvalue weighted by Gasteiger charge is -2.29. The van der Waals surface area contributed by atoms with Crippen molar-refractivity contribution in [3.05, 3.63) is 40.3 Å². The van der Waals surface area contributed by atoms with Gasteiger partial charge in [-0.2, -0.15) is 0 Å². The molecule has 0 fully saturated rings. The largest absolute Gasteiger partial charge is 0.497 e. The molecule has 0 bridgehead atoms. The Morgan fingerprint density at radius 2 is 2.39 bits per heavy atom. The number of hydrogen-bond donors (Lipinski definition) is 1. The average Bonchev–Trinajstić information content (AvgIpc) is 2.92. The molecular weight excluding hydrogens is 248 g/mol. The van der Waals surface area contributed by atoms with Crippen LogP contribution in [0.4, 0.5) is 0 Å². The molecule has 2 atom stereocenters. The van der Waals surface area contributed by atoms with Crippen LogP contribution in [0.3, 0.4) is 0 Å². The van der Waals surface area contributed by atoms with Crippen LogP contribution in [0.1, 0.15) is 29.0 Å². The zero-order valence-corrected chi connectivity index (χ0v) is 10.8. The Bertz CT molecular complexity index is 542. The first-order valence-corrected chi connectivity index (χ1v) is 6.64. The maximum absolute atomic E-state index is 6.22. The van der Waals surface area contributed by atoms with Crippen LogP contribution in [0.15, 0.2) is 29.9 Å². The fourth-order valence-electron chi connectivity index (χ4n) is 2.17. The minimum Gasteiger partial charge on any atom is -0.497 e. The highest BCUT2D eigenvalue weighted by molar-refractivity contribution is 7.09. The number of ether oxygens (including phenoxy) is 2. The molecule has 0 aliphatic carbocycles. The Hall–Kier alpha value is -1.59. The molecule has 18 heavy (non-hydrogen) atoms. The van der Waals surface area contributed by atoms with Crippen LogP contribution in [0.25, 0.3) is 0 Å². The van der Waals surface area contributed by atoms with E-state index < -0.39 is 0 Å². The number of thiazole rings is 1. The molecule has 0 spiro atoms. The predicted octanol–water partition coefficient (Wildman–Crippen LogP) is 2.68. The van der Waals surface area contributed by atoms with E-state index in [1.54, 1.807) is 18.4 Å². The number of benzene rings is 1. The molecule has 0 radical (unpaired) electrons. The SMILES string of the molecule is COc1ccc2c(c1)[C@@H](N)CC(c1cncs1)O2. The van der Waals surface area contributed by atoms with E-state index in [1.165, 1.54) is 0 Å². The van der Waals surface area contributed by atoms with E-state index in [2.05, 4.69) is 4.98 Å². The van der Waals surface area contributed by atoms with Gasteiger partial charge >= 0.3 is 0 Å². The van der Waals surface area contributed by atoms with Crippen LogP contribution in [0, 0.1) is 0 Å². The van der Waals surface area contributed by atoms with Gasteiger partial charge < -0.3 is 15.2 Å². The minimum atomic E-state index is -0.0315. The molecule has 0 saturated heterocycles. The summed E-state index contributed by atoms with van der Waals surface area (Å²) in [6, 6.07) is 5.72. The van der Waals surface area contributed by atoms with E-state index in [0.717, 1.165) is 28.4 Å². The van der Waals surface area contributed by atoms with Crippen molar-refractivity contribution in [2.75, 3.05) is 7.11 Å². The Morgan fingerprint density at radius 1 is 1.50 bits per heavy atom. The topological polar surface area (TPSA) is 57.4 Å². The lowest BCUT2D eigenvalue weighted by atomic mass is 9.96. The van der Waals surface area contributed by atoms with Crippen molar-refractivity contribution in [3.63, 3.8) is 0 Å². The van der Waals surface area contributed by atoms with E-state index in [9.17, 15) is 0 Å². The highest BCUT2D eigenvalue weighted by atomic mass is 32.1. The number of rotatable bonds is 2. The summed E-state index contributed by atoms with van der Waals surface area (Å²) in [7, 11) is 1.65. The Morgan fingerprint density at radius 3 is 3.11 bits per heavy atom. The van der Waals surface area contributed by atoms with Crippen molar-refractivity contribution in [1.29, 1.82) is 0 Å². The van der Waals surface area contributed by atoms with Gasteiger partial charge in [0.1, 0.15) is 17.6 Å². The summed E-state index contributed by atoms with van der Waals surface area (Å²) in [6.07, 6.45) is 2.62. The first-order valence-electron chi connectivity index (χ1n) is 5.76. The number of nitrogens with two attached hydrogens (primary N) is 1. The van der Waals surface area contributed by atoms with Gasteiger partial charge in [0.05, 0.1) is 17.5 Å². The number of aromatic nitrogens is 1. The second-order valence-corrected chi connectivity index (χ2v) is 5.17. The van der Waals surface area contributed by atoms with Crippen molar-refractivity contribution in [2.45, 2.75) is 18.6 Å². The van der Waals surface area contributed by atoms with Crippen molar-refractivity contribution in [3.8, 4) is 11.5 Å². The van der Waals surface area contributed by atoms with Gasteiger partial charge in [0.15, 0.2) is 0 Å². The molecule has 94 valence electrons. The molecule has 3 rings (SSSR count). The quantitative estimate of drug-likeness (QED) is 0.904. The van der Waals surface area contributed by atoms with Gasteiger partial charge in [0, 0.05) is 24.2 Å². The van der Waals surface area contributed by atoms with Crippen LogP contribution in [-0.2, 0) is 0 Å². The molecule has 5 heteroatoms. The van der Waals surface area contributed by atoms with Crippen LogP contribution in [0.2, 0.25) is 0 Å². The van der Waals surface area contributed by atoms with E-state index in [0.29, 0.717) is 0 Å². The first kappa shape index (κ1) is 11.5. The summed E-state index contributed by atoms with van der Waals surface area (Å²) in [5, 5.41) is 0. The smallest absolute Gasteiger partial charge is 0.136 e. The van der Waals surface area contributed by atoms with E-state index in [-0.39, 0.29) is 12.1 Å². The zero-order chi connectivity index (χ0) is 12.5. The van der Waals surface area contributed by atoms with Crippen LogP contribution < -0.4 is 15.2 Å². The van der Waals surface area contributed by atoms with Gasteiger partial charge in [-0.25, -0.2) is 0 Å². The number of methoxy groups -OCH3 is 1. The first-order chi connectivity index (χ1) is 8.78. The summed E-state index contributed by atoms with van der Waals surface area (Å²) in [4.78, 5) is 5.20. The second kappa shape index (κ2) is 4.59. The van der Waals surface area contributed by atoms with E-state index >= 15 is 0 Å². The second-order valence-electron chi connectivity index (χ2n) is 4.26. The Kier molecular flexibility index (Phi) is 2.93. The predicted molar refractivity (Wildman–Crippen MR) is 70.0 cm³/mol. The molecule has 0 amide bonds. The highest BCUT2D eigenvalue weighted by Crippen LogP contribution is 2.41. The highest BCUT2D eigenvalue weighted by Gasteiger charge is 2.28. The molecule has 2 heterocycles. The third-order valence-electron chi connectivity index (χ3n) is 3.12. The lowest BCUT2D eigenvalue weighted by Crippen LogP contribution is -2.23. The molecular formula is C13H14N2O2S. The fourth-order valence-corrected chi connectivity index (χ4v) is 2.83. The standard InChI is InChI=1S/C13H14N2O2S/c1-16-8-2-3-11-9(4-8)10(14)5-12(17-11)13-6-15-7-18-13/h2-4,6-7,10,12H,5,14H2,1H3/t10-,12?/m0/s1.